The third kappa shape index (κ3) is 4.25. The van der Waals surface area contributed by atoms with Crippen molar-refractivity contribution in [2.45, 2.75) is 6.61 Å². The quantitative estimate of drug-likeness (QED) is 0.650. The minimum absolute atomic E-state index is 0.213. The van der Waals surface area contributed by atoms with E-state index in [1.807, 2.05) is 5.38 Å². The second-order valence-corrected chi connectivity index (χ2v) is 6.38. The maximum atomic E-state index is 12.8. The summed E-state index contributed by atoms with van der Waals surface area (Å²) in [4.78, 5) is 18.5. The van der Waals surface area contributed by atoms with Gasteiger partial charge < -0.3 is 14.4 Å². The van der Waals surface area contributed by atoms with Crippen molar-refractivity contribution >= 4 is 22.9 Å². The molecule has 0 N–H and O–H groups in total. The predicted molar refractivity (Wildman–Crippen MR) is 103 cm³/mol. The van der Waals surface area contributed by atoms with E-state index in [0.717, 1.165) is 5.69 Å². The molecular weight excluding hydrogens is 362 g/mol. The first-order valence-electron chi connectivity index (χ1n) is 8.08. The van der Waals surface area contributed by atoms with Crippen LogP contribution in [-0.2, 0) is 6.61 Å². The Morgan fingerprint density at radius 2 is 2.11 bits per heavy atom. The van der Waals surface area contributed by atoms with Crippen LogP contribution in [0.4, 0.5) is 5.69 Å². The van der Waals surface area contributed by atoms with Crippen LogP contribution in [0.25, 0.3) is 0 Å². The molecule has 0 radical (unpaired) electrons. The number of carbonyl (C=O) groups is 1. The first-order chi connectivity index (χ1) is 13.1. The number of nitrogens with zero attached hydrogens (tertiary/aromatic N) is 3. The minimum Gasteiger partial charge on any atom is -0.493 e. The van der Waals surface area contributed by atoms with Crippen LogP contribution in [0.2, 0.25) is 0 Å². The Bertz CT molecular complexity index is 980. The number of amides is 1. The van der Waals surface area contributed by atoms with Crippen molar-refractivity contribution < 1.29 is 14.3 Å². The molecule has 2 aromatic carbocycles. The highest BCUT2D eigenvalue weighted by atomic mass is 32.1. The lowest BCUT2D eigenvalue weighted by atomic mass is 10.1. The maximum Gasteiger partial charge on any atom is 0.258 e. The van der Waals surface area contributed by atoms with Crippen molar-refractivity contribution in [2.24, 2.45) is 0 Å². The highest BCUT2D eigenvalue weighted by Crippen LogP contribution is 2.30. The van der Waals surface area contributed by atoms with Gasteiger partial charge in [0, 0.05) is 23.7 Å². The third-order valence-electron chi connectivity index (χ3n) is 3.94. The lowest BCUT2D eigenvalue weighted by Crippen LogP contribution is -2.26. The lowest BCUT2D eigenvalue weighted by Gasteiger charge is -2.18. The normalized spacial score (nSPS) is 10.1. The molecule has 7 heteroatoms. The number of hydrogen-bond donors (Lipinski definition) is 0. The summed E-state index contributed by atoms with van der Waals surface area (Å²) in [5.74, 6) is 0.792. The van der Waals surface area contributed by atoms with Gasteiger partial charge in [0.15, 0.2) is 11.5 Å². The summed E-state index contributed by atoms with van der Waals surface area (Å²) >= 11 is 1.50. The maximum absolute atomic E-state index is 12.8. The van der Waals surface area contributed by atoms with Crippen molar-refractivity contribution in [1.29, 1.82) is 5.26 Å². The van der Waals surface area contributed by atoms with Crippen molar-refractivity contribution in [3.05, 3.63) is 70.2 Å². The Kier molecular flexibility index (Phi) is 5.69. The van der Waals surface area contributed by atoms with Gasteiger partial charge in [-0.25, -0.2) is 4.98 Å². The molecule has 0 saturated carbocycles. The molecule has 0 bridgehead atoms. The molecule has 0 aliphatic heterocycles. The van der Waals surface area contributed by atoms with E-state index >= 15 is 0 Å². The largest absolute Gasteiger partial charge is 0.493 e. The summed E-state index contributed by atoms with van der Waals surface area (Å²) in [6, 6.07) is 14.0. The van der Waals surface area contributed by atoms with E-state index in [-0.39, 0.29) is 5.91 Å². The molecule has 0 atom stereocenters. The highest BCUT2D eigenvalue weighted by molar-refractivity contribution is 7.07. The zero-order valence-electron chi connectivity index (χ0n) is 14.9. The number of benzene rings is 2. The molecule has 1 aromatic heterocycles. The monoisotopic (exact) mass is 379 g/mol. The van der Waals surface area contributed by atoms with Gasteiger partial charge in [-0.3, -0.25) is 4.79 Å². The molecule has 3 rings (SSSR count). The second-order valence-electron chi connectivity index (χ2n) is 5.66. The first-order valence-corrected chi connectivity index (χ1v) is 9.02. The molecule has 0 fully saturated rings. The number of thiazole rings is 1. The molecule has 1 amide bonds. The van der Waals surface area contributed by atoms with Gasteiger partial charge in [-0.05, 0) is 36.4 Å². The van der Waals surface area contributed by atoms with Crippen molar-refractivity contribution in [3.63, 3.8) is 0 Å². The summed E-state index contributed by atoms with van der Waals surface area (Å²) in [7, 11) is 3.19. The Morgan fingerprint density at radius 3 is 2.81 bits per heavy atom. The molecule has 6 nitrogen and oxygen atoms in total. The second kappa shape index (κ2) is 8.34. The van der Waals surface area contributed by atoms with Gasteiger partial charge in [-0.1, -0.05) is 6.07 Å². The van der Waals surface area contributed by atoms with Crippen LogP contribution in [0.1, 0.15) is 21.6 Å². The lowest BCUT2D eigenvalue weighted by molar-refractivity contribution is 0.0992. The Balaban J connectivity index is 1.79. The average molecular weight is 379 g/mol. The van der Waals surface area contributed by atoms with Gasteiger partial charge in [0.1, 0.15) is 6.61 Å². The minimum atomic E-state index is -0.213. The van der Waals surface area contributed by atoms with E-state index in [2.05, 4.69) is 11.1 Å². The van der Waals surface area contributed by atoms with E-state index in [1.165, 1.54) is 23.3 Å². The average Bonchev–Trinajstić information content (AvgIpc) is 3.24. The van der Waals surface area contributed by atoms with Gasteiger partial charge in [-0.2, -0.15) is 5.26 Å². The molecule has 0 unspecified atom stereocenters. The van der Waals surface area contributed by atoms with Crippen LogP contribution in [0.3, 0.4) is 0 Å². The molecule has 0 aliphatic rings. The molecule has 27 heavy (non-hydrogen) atoms. The topological polar surface area (TPSA) is 75.5 Å². The molecule has 136 valence electrons. The van der Waals surface area contributed by atoms with Gasteiger partial charge >= 0.3 is 0 Å². The summed E-state index contributed by atoms with van der Waals surface area (Å²) in [5.41, 5.74) is 4.17. The molecule has 1 heterocycles. The van der Waals surface area contributed by atoms with Gasteiger partial charge in [0.2, 0.25) is 0 Å². The van der Waals surface area contributed by atoms with E-state index in [9.17, 15) is 4.79 Å². The number of ether oxygens (including phenoxy) is 2. The Morgan fingerprint density at radius 1 is 1.26 bits per heavy atom. The fourth-order valence-corrected chi connectivity index (χ4v) is 3.02. The van der Waals surface area contributed by atoms with E-state index < -0.39 is 0 Å². The van der Waals surface area contributed by atoms with Crippen molar-refractivity contribution in [1.82, 2.24) is 4.98 Å². The van der Waals surface area contributed by atoms with Gasteiger partial charge in [-0.15, -0.1) is 11.3 Å². The zero-order chi connectivity index (χ0) is 19.2. The molecule has 0 spiro atoms. The smallest absolute Gasteiger partial charge is 0.258 e. The van der Waals surface area contributed by atoms with Crippen LogP contribution >= 0.6 is 11.3 Å². The molecule has 0 saturated heterocycles. The standard InChI is InChI=1S/C20H17N3O3S/c1-23(17-5-3-4-14(8-17)10-21)20(24)15-6-7-18(19(9-15)25-2)26-11-16-12-27-13-22-16/h3-9,12-13H,11H2,1-2H3. The fourth-order valence-electron chi connectivity index (χ4n) is 2.48. The van der Waals surface area contributed by atoms with Crippen molar-refractivity contribution in [3.8, 4) is 17.6 Å². The predicted octanol–water partition coefficient (Wildman–Crippen LogP) is 3.88. The first kappa shape index (κ1) is 18.4. The number of anilines is 1. The SMILES string of the molecule is COc1cc(C(=O)N(C)c2cccc(C#N)c2)ccc1OCc1cscn1. The van der Waals surface area contributed by atoms with E-state index in [1.54, 1.807) is 55.0 Å². The fraction of sp³-hybridized carbons (Fsp3) is 0.150. The summed E-state index contributed by atoms with van der Waals surface area (Å²) in [6.07, 6.45) is 0. The number of nitriles is 1. The molecular formula is C20H17N3O3S. The van der Waals surface area contributed by atoms with Crippen molar-refractivity contribution in [2.75, 3.05) is 19.1 Å². The number of hydrogen-bond acceptors (Lipinski definition) is 6. The summed E-state index contributed by atoms with van der Waals surface area (Å²) in [5, 5.41) is 10.9. The Hall–Kier alpha value is -3.37. The Labute approximate surface area is 161 Å². The number of carbonyl (C=O) groups excluding carboxylic acids is 1. The molecule has 3 aromatic rings. The van der Waals surface area contributed by atoms with Crippen LogP contribution in [0, 0.1) is 11.3 Å². The number of methoxy groups -OCH3 is 1. The highest BCUT2D eigenvalue weighted by Gasteiger charge is 2.17. The summed E-state index contributed by atoms with van der Waals surface area (Å²) in [6.45, 7) is 0.327. The van der Waals surface area contributed by atoms with E-state index in [4.69, 9.17) is 14.7 Å². The molecule has 0 aliphatic carbocycles. The van der Waals surface area contributed by atoms with Crippen LogP contribution < -0.4 is 14.4 Å². The van der Waals surface area contributed by atoms with Crippen LogP contribution in [0.5, 0.6) is 11.5 Å². The number of aromatic nitrogens is 1. The number of rotatable bonds is 6. The summed E-state index contributed by atoms with van der Waals surface area (Å²) < 4.78 is 11.1. The van der Waals surface area contributed by atoms with Crippen LogP contribution in [-0.4, -0.2) is 25.0 Å². The third-order valence-corrected chi connectivity index (χ3v) is 4.57. The van der Waals surface area contributed by atoms with Gasteiger partial charge in [0.25, 0.3) is 5.91 Å². The van der Waals surface area contributed by atoms with Gasteiger partial charge in [0.05, 0.1) is 29.9 Å². The zero-order valence-corrected chi connectivity index (χ0v) is 15.7. The van der Waals surface area contributed by atoms with E-state index in [0.29, 0.717) is 34.9 Å². The van der Waals surface area contributed by atoms with Crippen LogP contribution in [0.15, 0.2) is 53.4 Å².